The highest BCUT2D eigenvalue weighted by Crippen LogP contribution is 2.26. The van der Waals surface area contributed by atoms with Gasteiger partial charge in [-0.25, -0.2) is 0 Å². The van der Waals surface area contributed by atoms with Crippen molar-refractivity contribution in [2.24, 2.45) is 11.7 Å². The molecular weight excluding hydrogens is 194 g/mol. The molecule has 0 aliphatic heterocycles. The van der Waals surface area contributed by atoms with Crippen LogP contribution in [0.4, 0.5) is 0 Å². The zero-order valence-corrected chi connectivity index (χ0v) is 11.2. The van der Waals surface area contributed by atoms with Crippen LogP contribution in [0.15, 0.2) is 24.3 Å². The molecule has 1 aromatic carbocycles. The molecule has 90 valence electrons. The van der Waals surface area contributed by atoms with Crippen molar-refractivity contribution in [3.05, 3.63) is 35.4 Å². The number of rotatable bonds is 3. The lowest BCUT2D eigenvalue weighted by atomic mass is 9.85. The van der Waals surface area contributed by atoms with E-state index in [1.807, 2.05) is 0 Å². The number of benzene rings is 1. The zero-order chi connectivity index (χ0) is 12.3. The van der Waals surface area contributed by atoms with Gasteiger partial charge >= 0.3 is 0 Å². The Morgan fingerprint density at radius 2 is 1.62 bits per heavy atom. The average molecular weight is 219 g/mol. The summed E-state index contributed by atoms with van der Waals surface area (Å²) in [4.78, 5) is 0. The first-order chi connectivity index (χ1) is 7.36. The van der Waals surface area contributed by atoms with E-state index >= 15 is 0 Å². The molecule has 0 fully saturated rings. The van der Waals surface area contributed by atoms with Crippen molar-refractivity contribution in [1.29, 1.82) is 0 Å². The molecule has 0 radical (unpaired) electrons. The number of nitrogens with two attached hydrogens (primary N) is 1. The number of hydrogen-bond donors (Lipinski definition) is 1. The fourth-order valence-electron chi connectivity index (χ4n) is 1.79. The molecular formula is C15H25N. The standard InChI is InChI=1S/C15H25N/c1-6-11(2)14(16)12-7-9-13(10-8-12)15(3,4)5/h7-11,14H,6,16H2,1-5H3. The lowest BCUT2D eigenvalue weighted by Gasteiger charge is -2.22. The summed E-state index contributed by atoms with van der Waals surface area (Å²) in [5.41, 5.74) is 9.05. The summed E-state index contributed by atoms with van der Waals surface area (Å²) in [5, 5.41) is 0. The molecule has 0 aliphatic carbocycles. The van der Waals surface area contributed by atoms with E-state index in [4.69, 9.17) is 5.73 Å². The van der Waals surface area contributed by atoms with Gasteiger partial charge in [0.25, 0.3) is 0 Å². The van der Waals surface area contributed by atoms with Crippen LogP contribution in [0.5, 0.6) is 0 Å². The number of hydrogen-bond acceptors (Lipinski definition) is 1. The van der Waals surface area contributed by atoms with Crippen molar-refractivity contribution in [3.63, 3.8) is 0 Å². The Hall–Kier alpha value is -0.820. The van der Waals surface area contributed by atoms with Gasteiger partial charge in [0.1, 0.15) is 0 Å². The maximum Gasteiger partial charge on any atom is 0.0320 e. The van der Waals surface area contributed by atoms with Crippen LogP contribution >= 0.6 is 0 Å². The van der Waals surface area contributed by atoms with E-state index < -0.39 is 0 Å². The third kappa shape index (κ3) is 3.08. The Morgan fingerprint density at radius 1 is 1.12 bits per heavy atom. The van der Waals surface area contributed by atoms with Gasteiger partial charge in [0.2, 0.25) is 0 Å². The van der Waals surface area contributed by atoms with Crippen LogP contribution in [0, 0.1) is 5.92 Å². The lowest BCUT2D eigenvalue weighted by Crippen LogP contribution is -2.19. The first-order valence-corrected chi connectivity index (χ1v) is 6.22. The van der Waals surface area contributed by atoms with Crippen molar-refractivity contribution in [2.75, 3.05) is 0 Å². The second-order valence-corrected chi connectivity index (χ2v) is 5.78. The van der Waals surface area contributed by atoms with E-state index in [2.05, 4.69) is 58.9 Å². The van der Waals surface area contributed by atoms with Crippen LogP contribution in [0.25, 0.3) is 0 Å². The molecule has 0 saturated carbocycles. The highest BCUT2D eigenvalue weighted by molar-refractivity contribution is 5.29. The topological polar surface area (TPSA) is 26.0 Å². The van der Waals surface area contributed by atoms with Crippen molar-refractivity contribution in [1.82, 2.24) is 0 Å². The first kappa shape index (κ1) is 13.2. The highest BCUT2D eigenvalue weighted by Gasteiger charge is 2.16. The predicted molar refractivity (Wildman–Crippen MR) is 71.5 cm³/mol. The monoisotopic (exact) mass is 219 g/mol. The van der Waals surface area contributed by atoms with Gasteiger partial charge < -0.3 is 5.73 Å². The second-order valence-electron chi connectivity index (χ2n) is 5.78. The van der Waals surface area contributed by atoms with Crippen LogP contribution in [-0.4, -0.2) is 0 Å². The smallest absolute Gasteiger partial charge is 0.0320 e. The summed E-state index contributed by atoms with van der Waals surface area (Å²) in [6.07, 6.45) is 1.13. The van der Waals surface area contributed by atoms with Crippen molar-refractivity contribution in [3.8, 4) is 0 Å². The lowest BCUT2D eigenvalue weighted by molar-refractivity contribution is 0.456. The molecule has 1 nitrogen and oxygen atoms in total. The van der Waals surface area contributed by atoms with Crippen LogP contribution in [0.2, 0.25) is 0 Å². The summed E-state index contributed by atoms with van der Waals surface area (Å²) < 4.78 is 0. The molecule has 1 heteroatoms. The minimum Gasteiger partial charge on any atom is -0.324 e. The SMILES string of the molecule is CCC(C)C(N)c1ccc(C(C)(C)C)cc1. The fourth-order valence-corrected chi connectivity index (χ4v) is 1.79. The van der Waals surface area contributed by atoms with Crippen LogP contribution in [0.1, 0.15) is 58.2 Å². The normalized spacial score (nSPS) is 15.9. The molecule has 16 heavy (non-hydrogen) atoms. The van der Waals surface area contributed by atoms with Gasteiger partial charge in [-0.05, 0) is 22.5 Å². The molecule has 0 bridgehead atoms. The van der Waals surface area contributed by atoms with E-state index in [1.54, 1.807) is 0 Å². The fraction of sp³-hybridized carbons (Fsp3) is 0.600. The molecule has 2 atom stereocenters. The largest absolute Gasteiger partial charge is 0.324 e. The van der Waals surface area contributed by atoms with Gasteiger partial charge in [-0.3, -0.25) is 0 Å². The molecule has 0 aromatic heterocycles. The Bertz CT molecular complexity index is 318. The van der Waals surface area contributed by atoms with E-state index in [-0.39, 0.29) is 11.5 Å². The Kier molecular flexibility index (Phi) is 4.15. The zero-order valence-electron chi connectivity index (χ0n) is 11.2. The summed E-state index contributed by atoms with van der Waals surface area (Å²) in [6.45, 7) is 11.1. The summed E-state index contributed by atoms with van der Waals surface area (Å²) in [6, 6.07) is 8.93. The molecule has 1 aromatic rings. The molecule has 2 unspecified atom stereocenters. The van der Waals surface area contributed by atoms with Gasteiger partial charge in [0.05, 0.1) is 0 Å². The maximum atomic E-state index is 6.21. The molecule has 2 N–H and O–H groups in total. The Balaban J connectivity index is 2.87. The van der Waals surface area contributed by atoms with E-state index in [1.165, 1.54) is 11.1 Å². The van der Waals surface area contributed by atoms with Crippen molar-refractivity contribution < 1.29 is 0 Å². The van der Waals surface area contributed by atoms with Gasteiger partial charge in [-0.1, -0.05) is 65.3 Å². The quantitative estimate of drug-likeness (QED) is 0.816. The Labute approximate surface area is 100 Å². The van der Waals surface area contributed by atoms with Crippen LogP contribution in [0.3, 0.4) is 0 Å². The molecule has 0 heterocycles. The molecule has 0 spiro atoms. The second kappa shape index (κ2) is 5.01. The van der Waals surface area contributed by atoms with Gasteiger partial charge in [-0.15, -0.1) is 0 Å². The van der Waals surface area contributed by atoms with Gasteiger partial charge in [-0.2, -0.15) is 0 Å². The summed E-state index contributed by atoms with van der Waals surface area (Å²) in [5.74, 6) is 0.542. The van der Waals surface area contributed by atoms with E-state index in [9.17, 15) is 0 Å². The van der Waals surface area contributed by atoms with E-state index in [0.29, 0.717) is 5.92 Å². The third-order valence-electron chi connectivity index (χ3n) is 3.42. The van der Waals surface area contributed by atoms with E-state index in [0.717, 1.165) is 6.42 Å². The maximum absolute atomic E-state index is 6.21. The molecule has 1 rings (SSSR count). The minimum absolute atomic E-state index is 0.166. The van der Waals surface area contributed by atoms with Gasteiger partial charge in [0.15, 0.2) is 0 Å². The van der Waals surface area contributed by atoms with Crippen molar-refractivity contribution in [2.45, 2.75) is 52.5 Å². The highest BCUT2D eigenvalue weighted by atomic mass is 14.6. The van der Waals surface area contributed by atoms with Crippen molar-refractivity contribution >= 4 is 0 Å². The summed E-state index contributed by atoms with van der Waals surface area (Å²) >= 11 is 0. The van der Waals surface area contributed by atoms with Crippen LogP contribution in [-0.2, 0) is 5.41 Å². The van der Waals surface area contributed by atoms with Gasteiger partial charge in [0, 0.05) is 6.04 Å². The third-order valence-corrected chi connectivity index (χ3v) is 3.42. The summed E-state index contributed by atoms with van der Waals surface area (Å²) in [7, 11) is 0. The Morgan fingerprint density at radius 3 is 2.00 bits per heavy atom. The first-order valence-electron chi connectivity index (χ1n) is 6.22. The van der Waals surface area contributed by atoms with Crippen LogP contribution < -0.4 is 5.73 Å². The minimum atomic E-state index is 0.166. The molecule has 0 amide bonds. The average Bonchev–Trinajstić information content (AvgIpc) is 2.26. The molecule has 0 saturated heterocycles. The molecule has 0 aliphatic rings. The predicted octanol–water partition coefficient (Wildman–Crippen LogP) is 4.03.